The summed E-state index contributed by atoms with van der Waals surface area (Å²) in [6, 6.07) is 11.7. The van der Waals surface area contributed by atoms with E-state index in [9.17, 15) is 19.6 Å². The largest absolute Gasteiger partial charge is 0.391 e. The second kappa shape index (κ2) is 8.86. The number of anilines is 3. The number of aliphatic hydroxyl groups is 1. The fraction of sp³-hybridized carbons (Fsp3) is 0.308. The molecule has 0 saturated carbocycles. The van der Waals surface area contributed by atoms with Gasteiger partial charge in [-0.3, -0.25) is 4.79 Å². The van der Waals surface area contributed by atoms with Gasteiger partial charge in [0, 0.05) is 6.54 Å². The number of ether oxygens (including phenoxy) is 1. The lowest BCUT2D eigenvalue weighted by molar-refractivity contribution is -0.0567. The number of nitriles is 1. The third kappa shape index (κ3) is 3.82. The summed E-state index contributed by atoms with van der Waals surface area (Å²) in [5.74, 6) is -0.341. The summed E-state index contributed by atoms with van der Waals surface area (Å²) in [6.07, 6.45) is 2.95. The van der Waals surface area contributed by atoms with Crippen molar-refractivity contribution < 1.29 is 19.0 Å². The van der Waals surface area contributed by atoms with E-state index >= 15 is 0 Å². The van der Waals surface area contributed by atoms with Gasteiger partial charge >= 0.3 is 0 Å². The third-order valence-corrected chi connectivity index (χ3v) is 6.97. The first kappa shape index (κ1) is 22.4. The number of benzene rings is 1. The number of carbonyl (C=O) groups is 1. The molecule has 0 radical (unpaired) electrons. The van der Waals surface area contributed by atoms with Gasteiger partial charge in [-0.05, 0) is 43.2 Å². The number of amides is 1. The van der Waals surface area contributed by atoms with Crippen molar-refractivity contribution in [3.8, 4) is 17.3 Å². The molecule has 5 heterocycles. The summed E-state index contributed by atoms with van der Waals surface area (Å²) < 4.78 is 20.5. The van der Waals surface area contributed by atoms with E-state index in [2.05, 4.69) is 25.5 Å². The highest BCUT2D eigenvalue weighted by molar-refractivity contribution is 6.04. The molecule has 2 unspecified atom stereocenters. The Bertz CT molecular complexity index is 1390. The van der Waals surface area contributed by atoms with Crippen molar-refractivity contribution in [3.05, 3.63) is 65.2 Å². The van der Waals surface area contributed by atoms with Crippen molar-refractivity contribution in [1.82, 2.24) is 15.3 Å². The van der Waals surface area contributed by atoms with Crippen molar-refractivity contribution in [1.29, 1.82) is 5.26 Å². The van der Waals surface area contributed by atoms with Gasteiger partial charge in [-0.15, -0.1) is 0 Å². The van der Waals surface area contributed by atoms with E-state index in [1.807, 2.05) is 18.2 Å². The number of nitrogens with one attached hydrogen (secondary N) is 2. The Morgan fingerprint density at radius 3 is 2.97 bits per heavy atom. The van der Waals surface area contributed by atoms with Crippen LogP contribution in [0.3, 0.4) is 0 Å². The number of halogens is 1. The fourth-order valence-electron chi connectivity index (χ4n) is 5.30. The van der Waals surface area contributed by atoms with Gasteiger partial charge in [-0.1, -0.05) is 6.07 Å². The van der Waals surface area contributed by atoms with Gasteiger partial charge in [0.2, 0.25) is 0 Å². The predicted octanol–water partition coefficient (Wildman–Crippen LogP) is 2.87. The van der Waals surface area contributed by atoms with Crippen LogP contribution in [-0.4, -0.2) is 52.4 Å². The molecule has 2 fully saturated rings. The van der Waals surface area contributed by atoms with Crippen LogP contribution in [0.4, 0.5) is 21.6 Å². The zero-order valence-electron chi connectivity index (χ0n) is 19.2. The SMILES string of the molecule is N#Cc1cccc(F)c1-c1cc(Nc2ccc(N3CCC4OC[C@H](O)CC43)cn2)c2c(n1)CNC2=O. The Morgan fingerprint density at radius 1 is 1.28 bits per heavy atom. The highest BCUT2D eigenvalue weighted by Crippen LogP contribution is 2.35. The Kier molecular flexibility index (Phi) is 5.51. The lowest BCUT2D eigenvalue weighted by atomic mass is 10.0. The van der Waals surface area contributed by atoms with Crippen LogP contribution in [0, 0.1) is 17.1 Å². The molecule has 10 heteroatoms. The number of fused-ring (bicyclic) bond motifs is 2. The van der Waals surface area contributed by atoms with Crippen LogP contribution in [0.2, 0.25) is 0 Å². The molecule has 0 aliphatic carbocycles. The molecule has 182 valence electrons. The highest BCUT2D eigenvalue weighted by atomic mass is 19.1. The molecule has 3 aliphatic heterocycles. The molecule has 0 spiro atoms. The van der Waals surface area contributed by atoms with Crippen LogP contribution in [0.15, 0.2) is 42.6 Å². The Hall–Kier alpha value is -4.07. The molecule has 2 aromatic heterocycles. The van der Waals surface area contributed by atoms with Gasteiger partial charge in [0.25, 0.3) is 5.91 Å². The predicted molar refractivity (Wildman–Crippen MR) is 129 cm³/mol. The first-order chi connectivity index (χ1) is 17.5. The van der Waals surface area contributed by atoms with Gasteiger partial charge in [-0.25, -0.2) is 14.4 Å². The number of nitrogens with zero attached hydrogens (tertiary/aromatic N) is 4. The van der Waals surface area contributed by atoms with Crippen molar-refractivity contribution in [2.24, 2.45) is 0 Å². The number of rotatable bonds is 4. The number of hydrogen-bond acceptors (Lipinski definition) is 8. The molecule has 9 nitrogen and oxygen atoms in total. The molecular weight excluding hydrogens is 463 g/mol. The van der Waals surface area contributed by atoms with Gasteiger partial charge < -0.3 is 25.4 Å². The summed E-state index contributed by atoms with van der Waals surface area (Å²) in [6.45, 7) is 1.41. The second-order valence-electron chi connectivity index (χ2n) is 9.17. The molecule has 1 aromatic carbocycles. The van der Waals surface area contributed by atoms with Crippen LogP contribution in [0.5, 0.6) is 0 Å². The second-order valence-corrected chi connectivity index (χ2v) is 9.17. The van der Waals surface area contributed by atoms with E-state index in [4.69, 9.17) is 4.74 Å². The maximum absolute atomic E-state index is 14.7. The van der Waals surface area contributed by atoms with Crippen LogP contribution < -0.4 is 15.5 Å². The van der Waals surface area contributed by atoms with E-state index in [-0.39, 0.29) is 41.4 Å². The lowest BCUT2D eigenvalue weighted by Gasteiger charge is -2.35. The molecule has 1 amide bonds. The van der Waals surface area contributed by atoms with E-state index in [1.165, 1.54) is 18.2 Å². The summed E-state index contributed by atoms with van der Waals surface area (Å²) in [5.41, 5.74) is 2.72. The Morgan fingerprint density at radius 2 is 2.17 bits per heavy atom. The monoisotopic (exact) mass is 486 g/mol. The molecular formula is C26H23FN6O3. The van der Waals surface area contributed by atoms with Crippen molar-refractivity contribution in [2.45, 2.75) is 37.6 Å². The van der Waals surface area contributed by atoms with Gasteiger partial charge in [0.15, 0.2) is 0 Å². The standard InChI is InChI=1S/C26H23FN6O3/c27-17-3-1-2-14(10-28)24(17)18-9-19(25-20(31-18)12-30-26(25)35)32-23-5-4-15(11-29-23)33-7-6-22-21(33)8-16(34)13-36-22/h1-5,9,11,16,21-22,34H,6-8,12-13H2,(H,30,35)(H,29,31,32)/t16-,21?,22?/m1/s1. The van der Waals surface area contributed by atoms with E-state index in [0.29, 0.717) is 35.8 Å². The minimum absolute atomic E-state index is 0.0917. The smallest absolute Gasteiger partial charge is 0.255 e. The van der Waals surface area contributed by atoms with E-state index in [1.54, 1.807) is 12.3 Å². The van der Waals surface area contributed by atoms with Crippen molar-refractivity contribution in [2.75, 3.05) is 23.4 Å². The summed E-state index contributed by atoms with van der Waals surface area (Å²) in [7, 11) is 0. The van der Waals surface area contributed by atoms with Crippen LogP contribution >= 0.6 is 0 Å². The summed E-state index contributed by atoms with van der Waals surface area (Å²) >= 11 is 0. The zero-order chi connectivity index (χ0) is 24.8. The Labute approximate surface area is 206 Å². The minimum atomic E-state index is -0.562. The molecule has 3 atom stereocenters. The van der Waals surface area contributed by atoms with E-state index < -0.39 is 11.9 Å². The first-order valence-electron chi connectivity index (χ1n) is 11.8. The molecule has 6 rings (SSSR count). The number of aromatic nitrogens is 2. The molecule has 3 aliphatic rings. The van der Waals surface area contributed by atoms with Crippen molar-refractivity contribution >= 4 is 23.1 Å². The van der Waals surface area contributed by atoms with Crippen LogP contribution in [0.1, 0.15) is 34.5 Å². The normalized spacial score (nSPS) is 22.5. The van der Waals surface area contributed by atoms with Gasteiger partial charge in [0.1, 0.15) is 11.6 Å². The first-order valence-corrected chi connectivity index (χ1v) is 11.8. The Balaban J connectivity index is 1.32. The average Bonchev–Trinajstić information content (AvgIpc) is 3.47. The average molecular weight is 487 g/mol. The van der Waals surface area contributed by atoms with Crippen LogP contribution in [-0.2, 0) is 11.3 Å². The molecule has 3 N–H and O–H groups in total. The topological polar surface area (TPSA) is 123 Å². The van der Waals surface area contributed by atoms with E-state index in [0.717, 1.165) is 18.7 Å². The molecule has 3 aromatic rings. The van der Waals surface area contributed by atoms with Crippen molar-refractivity contribution in [3.63, 3.8) is 0 Å². The lowest BCUT2D eigenvalue weighted by Crippen LogP contribution is -2.45. The quantitative estimate of drug-likeness (QED) is 0.515. The third-order valence-electron chi connectivity index (χ3n) is 6.97. The molecule has 2 saturated heterocycles. The van der Waals surface area contributed by atoms with Gasteiger partial charge in [0.05, 0.1) is 83.1 Å². The highest BCUT2D eigenvalue weighted by Gasteiger charge is 2.39. The molecule has 0 bridgehead atoms. The minimum Gasteiger partial charge on any atom is -0.391 e. The summed E-state index contributed by atoms with van der Waals surface area (Å²) in [5, 5.41) is 25.4. The zero-order valence-corrected chi connectivity index (χ0v) is 19.2. The maximum atomic E-state index is 14.7. The number of carbonyl (C=O) groups excluding carboxylic acids is 1. The fourth-order valence-corrected chi connectivity index (χ4v) is 5.30. The number of aliphatic hydroxyl groups excluding tert-OH is 1. The summed E-state index contributed by atoms with van der Waals surface area (Å²) in [4.78, 5) is 23.8. The van der Waals surface area contributed by atoms with Crippen LogP contribution in [0.25, 0.3) is 11.3 Å². The molecule has 36 heavy (non-hydrogen) atoms. The van der Waals surface area contributed by atoms with Gasteiger partial charge in [-0.2, -0.15) is 5.26 Å². The maximum Gasteiger partial charge on any atom is 0.255 e. The number of pyridine rings is 2. The number of hydrogen-bond donors (Lipinski definition) is 3.